The van der Waals surface area contributed by atoms with Gasteiger partial charge in [0.15, 0.2) is 0 Å². The first-order valence-electron chi connectivity index (χ1n) is 5.16. The second kappa shape index (κ2) is 5.16. The summed E-state index contributed by atoms with van der Waals surface area (Å²) in [4.78, 5) is 15.6. The minimum Gasteiger partial charge on any atom is -0.398 e. The molecule has 88 valence electrons. The number of amides is 1. The molecule has 5 heteroatoms. The van der Waals surface area contributed by atoms with E-state index in [0.717, 1.165) is 12.5 Å². The van der Waals surface area contributed by atoms with E-state index >= 15 is 0 Å². The highest BCUT2D eigenvalue weighted by Crippen LogP contribution is 2.36. The number of halogens is 1. The summed E-state index contributed by atoms with van der Waals surface area (Å²) < 4.78 is 0. The van der Waals surface area contributed by atoms with Gasteiger partial charge in [0, 0.05) is 24.6 Å². The van der Waals surface area contributed by atoms with Crippen LogP contribution in [0.25, 0.3) is 0 Å². The fourth-order valence-electron chi connectivity index (χ4n) is 1.60. The van der Waals surface area contributed by atoms with Gasteiger partial charge in [0.25, 0.3) is 5.91 Å². The molecule has 0 saturated heterocycles. The van der Waals surface area contributed by atoms with Crippen molar-refractivity contribution in [3.8, 4) is 0 Å². The van der Waals surface area contributed by atoms with Crippen molar-refractivity contribution in [3.63, 3.8) is 0 Å². The van der Waals surface area contributed by atoms with Gasteiger partial charge < -0.3 is 11.1 Å². The monoisotopic (exact) mass is 241 g/mol. The number of carbonyl (C=O) groups is 1. The van der Waals surface area contributed by atoms with Gasteiger partial charge in [-0.25, -0.2) is 0 Å². The Bertz CT molecular complexity index is 383. The summed E-state index contributed by atoms with van der Waals surface area (Å²) in [6.07, 6.45) is 4.29. The van der Waals surface area contributed by atoms with E-state index in [1.54, 1.807) is 12.3 Å². The van der Waals surface area contributed by atoms with E-state index in [-0.39, 0.29) is 18.3 Å². The molecule has 0 bridgehead atoms. The second-order valence-electron chi connectivity index (χ2n) is 4.15. The molecule has 1 amide bonds. The van der Waals surface area contributed by atoms with E-state index in [1.807, 2.05) is 0 Å². The van der Waals surface area contributed by atoms with Crippen LogP contribution in [-0.2, 0) is 0 Å². The van der Waals surface area contributed by atoms with Gasteiger partial charge in [-0.2, -0.15) is 0 Å². The van der Waals surface area contributed by atoms with Gasteiger partial charge in [-0.15, -0.1) is 12.4 Å². The maximum atomic E-state index is 11.7. The molecule has 0 radical (unpaired) electrons. The summed E-state index contributed by atoms with van der Waals surface area (Å²) in [7, 11) is 0. The predicted octanol–water partition coefficient (Wildman–Crippen LogP) is 1.47. The largest absolute Gasteiger partial charge is 0.398 e. The molecule has 2 unspecified atom stereocenters. The second-order valence-corrected chi connectivity index (χ2v) is 4.15. The zero-order chi connectivity index (χ0) is 10.8. The first-order valence-corrected chi connectivity index (χ1v) is 5.16. The summed E-state index contributed by atoms with van der Waals surface area (Å²) in [5.74, 6) is 1.27. The van der Waals surface area contributed by atoms with Crippen LogP contribution in [0.3, 0.4) is 0 Å². The highest BCUT2D eigenvalue weighted by atomic mass is 35.5. The molecule has 1 heterocycles. The van der Waals surface area contributed by atoms with Crippen molar-refractivity contribution in [2.24, 2.45) is 11.8 Å². The molecular weight excluding hydrogens is 226 g/mol. The van der Waals surface area contributed by atoms with Crippen molar-refractivity contribution < 1.29 is 4.79 Å². The van der Waals surface area contributed by atoms with Gasteiger partial charge in [-0.3, -0.25) is 9.78 Å². The molecule has 2 atom stereocenters. The minimum atomic E-state index is -0.125. The molecule has 1 aromatic heterocycles. The molecule has 2 rings (SSSR count). The van der Waals surface area contributed by atoms with Crippen LogP contribution < -0.4 is 11.1 Å². The number of pyridine rings is 1. The summed E-state index contributed by atoms with van der Waals surface area (Å²) in [6.45, 7) is 2.93. The zero-order valence-corrected chi connectivity index (χ0v) is 9.96. The molecule has 1 aliphatic rings. The van der Waals surface area contributed by atoms with Crippen molar-refractivity contribution >= 4 is 24.0 Å². The number of nitrogens with two attached hydrogens (primary N) is 1. The van der Waals surface area contributed by atoms with Crippen LogP contribution in [0.5, 0.6) is 0 Å². The molecule has 3 N–H and O–H groups in total. The smallest absolute Gasteiger partial charge is 0.254 e. The van der Waals surface area contributed by atoms with Gasteiger partial charge in [-0.05, 0) is 24.3 Å². The van der Waals surface area contributed by atoms with E-state index in [4.69, 9.17) is 5.73 Å². The number of rotatable bonds is 3. The van der Waals surface area contributed by atoms with E-state index < -0.39 is 0 Å². The van der Waals surface area contributed by atoms with Crippen LogP contribution in [-0.4, -0.2) is 17.4 Å². The maximum absolute atomic E-state index is 11.7. The van der Waals surface area contributed by atoms with Crippen LogP contribution in [0, 0.1) is 11.8 Å². The van der Waals surface area contributed by atoms with Crippen LogP contribution in [0.2, 0.25) is 0 Å². The van der Waals surface area contributed by atoms with Gasteiger partial charge in [0.05, 0.1) is 5.56 Å². The fraction of sp³-hybridized carbons (Fsp3) is 0.455. The average molecular weight is 242 g/mol. The first kappa shape index (κ1) is 12.8. The predicted molar refractivity (Wildman–Crippen MR) is 65.5 cm³/mol. The van der Waals surface area contributed by atoms with E-state index in [0.29, 0.717) is 17.2 Å². The SMILES string of the molecule is CC1CC1CNC(=O)c1cnccc1N.Cl. The van der Waals surface area contributed by atoms with Crippen molar-refractivity contribution in [3.05, 3.63) is 24.0 Å². The third-order valence-corrected chi connectivity index (χ3v) is 2.90. The summed E-state index contributed by atoms with van der Waals surface area (Å²) in [5, 5.41) is 2.87. The van der Waals surface area contributed by atoms with Gasteiger partial charge in [-0.1, -0.05) is 6.92 Å². The molecule has 0 aromatic carbocycles. The molecule has 1 aromatic rings. The Morgan fingerprint density at radius 1 is 1.69 bits per heavy atom. The average Bonchev–Trinajstić information content (AvgIpc) is 2.92. The van der Waals surface area contributed by atoms with E-state index in [9.17, 15) is 4.79 Å². The lowest BCUT2D eigenvalue weighted by molar-refractivity contribution is 0.0952. The molecule has 1 fully saturated rings. The number of carbonyl (C=O) groups excluding carboxylic acids is 1. The Morgan fingerprint density at radius 3 is 2.94 bits per heavy atom. The highest BCUT2D eigenvalue weighted by Gasteiger charge is 2.32. The normalized spacial score (nSPS) is 22.1. The number of aromatic nitrogens is 1. The fourth-order valence-corrected chi connectivity index (χ4v) is 1.60. The Balaban J connectivity index is 0.00000128. The molecule has 0 spiro atoms. The lowest BCUT2D eigenvalue weighted by Crippen LogP contribution is -2.26. The lowest BCUT2D eigenvalue weighted by Gasteiger charge is -2.05. The quantitative estimate of drug-likeness (QED) is 0.842. The number of nitrogen functional groups attached to an aromatic ring is 1. The molecule has 1 saturated carbocycles. The van der Waals surface area contributed by atoms with E-state index in [1.165, 1.54) is 12.6 Å². The summed E-state index contributed by atoms with van der Waals surface area (Å²) in [5.41, 5.74) is 6.61. The maximum Gasteiger partial charge on any atom is 0.254 e. The van der Waals surface area contributed by atoms with Gasteiger partial charge in [0.1, 0.15) is 0 Å². The Hall–Kier alpha value is -1.29. The Morgan fingerprint density at radius 2 is 2.38 bits per heavy atom. The molecule has 4 nitrogen and oxygen atoms in total. The number of nitrogens with zero attached hydrogens (tertiary/aromatic N) is 1. The van der Waals surface area contributed by atoms with Crippen LogP contribution in [0.1, 0.15) is 23.7 Å². The Labute approximate surface area is 101 Å². The Kier molecular flexibility index (Phi) is 4.12. The van der Waals surface area contributed by atoms with Crippen molar-refractivity contribution in [1.29, 1.82) is 0 Å². The molecular formula is C11H16ClN3O. The van der Waals surface area contributed by atoms with Crippen LogP contribution >= 0.6 is 12.4 Å². The van der Waals surface area contributed by atoms with Gasteiger partial charge in [0.2, 0.25) is 0 Å². The summed E-state index contributed by atoms with van der Waals surface area (Å²) in [6, 6.07) is 1.63. The lowest BCUT2D eigenvalue weighted by atomic mass is 10.2. The number of nitrogens with one attached hydrogen (secondary N) is 1. The van der Waals surface area contributed by atoms with Crippen molar-refractivity contribution in [2.45, 2.75) is 13.3 Å². The van der Waals surface area contributed by atoms with E-state index in [2.05, 4.69) is 17.2 Å². The number of hydrogen-bond donors (Lipinski definition) is 2. The van der Waals surface area contributed by atoms with Crippen LogP contribution in [0.15, 0.2) is 18.5 Å². The van der Waals surface area contributed by atoms with Crippen molar-refractivity contribution in [1.82, 2.24) is 10.3 Å². The third kappa shape index (κ3) is 2.85. The van der Waals surface area contributed by atoms with Crippen molar-refractivity contribution in [2.75, 3.05) is 12.3 Å². The number of anilines is 1. The molecule has 16 heavy (non-hydrogen) atoms. The highest BCUT2D eigenvalue weighted by molar-refractivity contribution is 5.98. The molecule has 0 aliphatic heterocycles. The topological polar surface area (TPSA) is 68.0 Å². The minimum absolute atomic E-state index is 0. The third-order valence-electron chi connectivity index (χ3n) is 2.90. The summed E-state index contributed by atoms with van der Waals surface area (Å²) >= 11 is 0. The van der Waals surface area contributed by atoms with Crippen LogP contribution in [0.4, 0.5) is 5.69 Å². The van der Waals surface area contributed by atoms with Gasteiger partial charge >= 0.3 is 0 Å². The standard InChI is InChI=1S/C11H15N3O.ClH/c1-7-4-8(7)5-14-11(15)9-6-13-3-2-10(9)12;/h2-3,6-8H,4-5H2,1H3,(H2,12,13)(H,14,15);1H. The first-order chi connectivity index (χ1) is 7.18. The number of hydrogen-bond acceptors (Lipinski definition) is 3. The zero-order valence-electron chi connectivity index (χ0n) is 9.14. The molecule has 1 aliphatic carbocycles.